The molecule has 1 aromatic rings. The van der Waals surface area contributed by atoms with E-state index in [2.05, 4.69) is 41.4 Å². The number of aryl methyl sites for hydroxylation is 1. The predicted octanol–water partition coefficient (Wildman–Crippen LogP) is 3.05. The summed E-state index contributed by atoms with van der Waals surface area (Å²) in [6, 6.07) is 8.74. The fourth-order valence-electron chi connectivity index (χ4n) is 4.71. The molecule has 0 radical (unpaired) electrons. The first-order chi connectivity index (χ1) is 14.0. The van der Waals surface area contributed by atoms with Gasteiger partial charge in [0, 0.05) is 38.0 Å². The van der Waals surface area contributed by atoms with Gasteiger partial charge in [0.15, 0.2) is 0 Å². The van der Waals surface area contributed by atoms with Gasteiger partial charge in [0.25, 0.3) is 0 Å². The topological polar surface area (TPSA) is 52.7 Å². The van der Waals surface area contributed by atoms with Crippen molar-refractivity contribution >= 4 is 11.8 Å². The number of likely N-dealkylation sites (N-methyl/N-ethyl adjacent to an activating group) is 1. The smallest absolute Gasteiger partial charge is 0.225 e. The first-order valence-corrected chi connectivity index (χ1v) is 11.3. The van der Waals surface area contributed by atoms with E-state index in [0.717, 1.165) is 51.6 Å². The summed E-state index contributed by atoms with van der Waals surface area (Å²) in [5.41, 5.74) is 2.57. The van der Waals surface area contributed by atoms with E-state index in [1.807, 2.05) is 19.0 Å². The third-order valence-electron chi connectivity index (χ3n) is 6.56. The second-order valence-corrected chi connectivity index (χ2v) is 9.04. The van der Waals surface area contributed by atoms with Gasteiger partial charge in [-0.25, -0.2) is 0 Å². The van der Waals surface area contributed by atoms with E-state index in [9.17, 15) is 9.59 Å². The molecule has 3 rings (SSSR count). The number of carbonyl (C=O) groups excluding carboxylic acids is 2. The Kier molecular flexibility index (Phi) is 7.70. The van der Waals surface area contributed by atoms with Crippen molar-refractivity contribution < 1.29 is 9.59 Å². The van der Waals surface area contributed by atoms with Gasteiger partial charge in [-0.15, -0.1) is 0 Å². The van der Waals surface area contributed by atoms with Crippen LogP contribution < -0.4 is 5.32 Å². The summed E-state index contributed by atoms with van der Waals surface area (Å²) in [5, 5.41) is 3.08. The number of nitrogens with zero attached hydrogens (tertiary/aromatic N) is 2. The van der Waals surface area contributed by atoms with Gasteiger partial charge in [0.05, 0.1) is 5.92 Å². The molecule has 2 aliphatic rings. The zero-order valence-electron chi connectivity index (χ0n) is 18.3. The highest BCUT2D eigenvalue weighted by atomic mass is 16.2. The Morgan fingerprint density at radius 3 is 2.38 bits per heavy atom. The Balaban J connectivity index is 1.72. The van der Waals surface area contributed by atoms with E-state index in [1.165, 1.54) is 11.1 Å². The van der Waals surface area contributed by atoms with Crippen molar-refractivity contribution in [3.63, 3.8) is 0 Å². The first-order valence-electron chi connectivity index (χ1n) is 11.3. The second-order valence-electron chi connectivity index (χ2n) is 9.04. The van der Waals surface area contributed by atoms with Crippen molar-refractivity contribution in [2.75, 3.05) is 40.3 Å². The average Bonchev–Trinajstić information content (AvgIpc) is 3.27. The minimum absolute atomic E-state index is 0.0888. The largest absolute Gasteiger partial charge is 0.355 e. The molecule has 1 N–H and O–H groups in total. The number of rotatable bonds is 7. The maximum atomic E-state index is 13.1. The molecule has 2 atom stereocenters. The Morgan fingerprint density at radius 1 is 1.07 bits per heavy atom. The Bertz CT molecular complexity index is 680. The summed E-state index contributed by atoms with van der Waals surface area (Å²) < 4.78 is 0. The van der Waals surface area contributed by atoms with Crippen LogP contribution in [0.5, 0.6) is 0 Å². The fourth-order valence-corrected chi connectivity index (χ4v) is 4.71. The van der Waals surface area contributed by atoms with E-state index in [4.69, 9.17) is 0 Å². The van der Waals surface area contributed by atoms with Crippen LogP contribution >= 0.6 is 0 Å². The molecule has 5 heteroatoms. The molecule has 2 amide bonds. The zero-order chi connectivity index (χ0) is 20.8. The number of piperidine rings is 1. The number of amides is 2. The molecule has 5 nitrogen and oxygen atoms in total. The number of likely N-dealkylation sites (tertiary alicyclic amines) is 1. The van der Waals surface area contributed by atoms with E-state index < -0.39 is 0 Å². The van der Waals surface area contributed by atoms with Crippen LogP contribution in [0.1, 0.15) is 56.1 Å². The number of carbonyl (C=O) groups is 2. The minimum Gasteiger partial charge on any atom is -0.355 e. The van der Waals surface area contributed by atoms with Gasteiger partial charge >= 0.3 is 0 Å². The van der Waals surface area contributed by atoms with Crippen molar-refractivity contribution in [3.8, 4) is 0 Å². The molecular weight excluding hydrogens is 362 g/mol. The molecule has 0 aromatic heterocycles. The molecule has 2 fully saturated rings. The lowest BCUT2D eigenvalue weighted by molar-refractivity contribution is -0.139. The predicted molar refractivity (Wildman–Crippen MR) is 117 cm³/mol. The van der Waals surface area contributed by atoms with Gasteiger partial charge in [0.1, 0.15) is 0 Å². The standard InChI is InChI=1S/C24H37N3O2/c1-4-18-9-11-19(12-10-18)21-15-22(23(28)25-13-14-26(2)3)17-27(16-21)24(29)20-7-5-6-8-20/h9-12,20-22H,4-8,13-17H2,1-3H3,(H,25,28). The molecule has 1 heterocycles. The summed E-state index contributed by atoms with van der Waals surface area (Å²) in [5.74, 6) is 0.611. The van der Waals surface area contributed by atoms with Gasteiger partial charge in [-0.1, -0.05) is 44.0 Å². The van der Waals surface area contributed by atoms with Crippen LogP contribution in [0, 0.1) is 11.8 Å². The van der Waals surface area contributed by atoms with Gasteiger partial charge in [-0.05, 0) is 50.9 Å². The Morgan fingerprint density at radius 2 is 1.76 bits per heavy atom. The van der Waals surface area contributed by atoms with Crippen molar-refractivity contribution in [1.82, 2.24) is 15.1 Å². The number of benzene rings is 1. The molecule has 1 saturated carbocycles. The van der Waals surface area contributed by atoms with Crippen molar-refractivity contribution in [2.24, 2.45) is 11.8 Å². The van der Waals surface area contributed by atoms with Gasteiger partial charge in [-0.3, -0.25) is 9.59 Å². The average molecular weight is 400 g/mol. The van der Waals surface area contributed by atoms with Crippen LogP contribution in [0.3, 0.4) is 0 Å². The van der Waals surface area contributed by atoms with Crippen molar-refractivity contribution in [1.29, 1.82) is 0 Å². The van der Waals surface area contributed by atoms with E-state index >= 15 is 0 Å². The number of nitrogens with one attached hydrogen (secondary N) is 1. The molecular formula is C24H37N3O2. The third kappa shape index (κ3) is 5.81. The fraction of sp³-hybridized carbons (Fsp3) is 0.667. The summed E-state index contributed by atoms with van der Waals surface area (Å²) in [6.07, 6.45) is 6.15. The molecule has 29 heavy (non-hydrogen) atoms. The zero-order valence-corrected chi connectivity index (χ0v) is 18.3. The van der Waals surface area contributed by atoms with Crippen LogP contribution in [0.25, 0.3) is 0 Å². The monoisotopic (exact) mass is 399 g/mol. The van der Waals surface area contributed by atoms with Gasteiger partial charge < -0.3 is 15.1 Å². The normalized spacial score (nSPS) is 22.8. The number of hydrogen-bond donors (Lipinski definition) is 1. The van der Waals surface area contributed by atoms with Gasteiger partial charge in [0.2, 0.25) is 11.8 Å². The van der Waals surface area contributed by atoms with E-state index in [1.54, 1.807) is 0 Å². The highest BCUT2D eigenvalue weighted by Crippen LogP contribution is 2.34. The molecule has 2 unspecified atom stereocenters. The van der Waals surface area contributed by atoms with Crippen LogP contribution in [-0.4, -0.2) is 61.9 Å². The van der Waals surface area contributed by atoms with Gasteiger partial charge in [-0.2, -0.15) is 0 Å². The Labute approximate surface area is 175 Å². The maximum absolute atomic E-state index is 13.1. The highest BCUT2D eigenvalue weighted by molar-refractivity contribution is 5.82. The van der Waals surface area contributed by atoms with Crippen LogP contribution in [-0.2, 0) is 16.0 Å². The van der Waals surface area contributed by atoms with E-state index in [0.29, 0.717) is 13.1 Å². The van der Waals surface area contributed by atoms with Crippen LogP contribution in [0.4, 0.5) is 0 Å². The Hall–Kier alpha value is -1.88. The van der Waals surface area contributed by atoms with E-state index in [-0.39, 0.29) is 29.6 Å². The molecule has 0 spiro atoms. The second kappa shape index (κ2) is 10.2. The maximum Gasteiger partial charge on any atom is 0.225 e. The lowest BCUT2D eigenvalue weighted by Gasteiger charge is -2.38. The highest BCUT2D eigenvalue weighted by Gasteiger charge is 2.37. The number of hydrogen-bond acceptors (Lipinski definition) is 3. The molecule has 1 aliphatic heterocycles. The van der Waals surface area contributed by atoms with Crippen LogP contribution in [0.2, 0.25) is 0 Å². The molecule has 0 bridgehead atoms. The molecule has 160 valence electrons. The molecule has 1 saturated heterocycles. The van der Waals surface area contributed by atoms with Crippen LogP contribution in [0.15, 0.2) is 24.3 Å². The first kappa shape index (κ1) is 21.8. The van der Waals surface area contributed by atoms with Crippen molar-refractivity contribution in [3.05, 3.63) is 35.4 Å². The van der Waals surface area contributed by atoms with Crippen molar-refractivity contribution in [2.45, 2.75) is 51.4 Å². The lowest BCUT2D eigenvalue weighted by Crippen LogP contribution is -2.50. The summed E-state index contributed by atoms with van der Waals surface area (Å²) in [4.78, 5) is 30.1. The lowest BCUT2D eigenvalue weighted by atomic mass is 9.83. The quantitative estimate of drug-likeness (QED) is 0.767. The summed E-state index contributed by atoms with van der Waals surface area (Å²) >= 11 is 0. The minimum atomic E-state index is -0.132. The molecule has 1 aromatic carbocycles. The summed E-state index contributed by atoms with van der Waals surface area (Å²) in [6.45, 7) is 4.93. The third-order valence-corrected chi connectivity index (χ3v) is 6.56. The molecule has 1 aliphatic carbocycles. The SMILES string of the molecule is CCc1ccc(C2CC(C(=O)NCCN(C)C)CN(C(=O)C3CCCC3)C2)cc1. The summed E-state index contributed by atoms with van der Waals surface area (Å²) in [7, 11) is 4.01.